The molecule has 1 aliphatic carbocycles. The molecule has 2 saturated heterocycles. The number of ether oxygens (including phenoxy) is 1. The van der Waals surface area contributed by atoms with Crippen LogP contribution in [0.1, 0.15) is 50.5 Å². The van der Waals surface area contributed by atoms with E-state index in [-0.39, 0.29) is 23.9 Å². The van der Waals surface area contributed by atoms with E-state index in [0.717, 1.165) is 38.2 Å². The maximum Gasteiger partial charge on any atom is 0.419 e. The normalized spacial score (nSPS) is 31.0. The molecule has 29 heavy (non-hydrogen) atoms. The number of methoxy groups -OCH3 is 1. The molecule has 8 heteroatoms. The SMILES string of the molecule is COC1CCC(N2CCC3(CCCN(c4ncccc4C(F)(F)F)C3)C2=O)CC1. The molecule has 3 heterocycles. The summed E-state index contributed by atoms with van der Waals surface area (Å²) in [5, 5.41) is 0. The van der Waals surface area contributed by atoms with Gasteiger partial charge in [-0.1, -0.05) is 0 Å². The number of aromatic nitrogens is 1. The number of hydrogen-bond donors (Lipinski definition) is 0. The van der Waals surface area contributed by atoms with E-state index in [0.29, 0.717) is 32.5 Å². The van der Waals surface area contributed by atoms with E-state index >= 15 is 0 Å². The van der Waals surface area contributed by atoms with Crippen molar-refractivity contribution in [3.63, 3.8) is 0 Å². The summed E-state index contributed by atoms with van der Waals surface area (Å²) in [5.41, 5.74) is -1.31. The predicted molar refractivity (Wildman–Crippen MR) is 103 cm³/mol. The zero-order valence-electron chi connectivity index (χ0n) is 16.7. The van der Waals surface area contributed by atoms with Gasteiger partial charge < -0.3 is 14.5 Å². The number of halogens is 3. The van der Waals surface area contributed by atoms with Gasteiger partial charge in [0.05, 0.1) is 17.1 Å². The summed E-state index contributed by atoms with van der Waals surface area (Å²) in [6.07, 6.45) is 3.12. The van der Waals surface area contributed by atoms with Crippen LogP contribution in [-0.2, 0) is 15.7 Å². The summed E-state index contributed by atoms with van der Waals surface area (Å²) in [6, 6.07) is 2.61. The maximum atomic E-state index is 13.5. The summed E-state index contributed by atoms with van der Waals surface area (Å²) in [6.45, 7) is 1.51. The summed E-state index contributed by atoms with van der Waals surface area (Å²) in [7, 11) is 1.73. The number of likely N-dealkylation sites (tertiary alicyclic amines) is 1. The second kappa shape index (κ2) is 7.78. The number of pyridine rings is 1. The van der Waals surface area contributed by atoms with E-state index in [1.54, 1.807) is 12.0 Å². The van der Waals surface area contributed by atoms with Crippen molar-refractivity contribution >= 4 is 11.7 Å². The molecule has 2 aliphatic heterocycles. The average molecular weight is 411 g/mol. The Balaban J connectivity index is 1.51. The smallest absolute Gasteiger partial charge is 0.381 e. The van der Waals surface area contributed by atoms with Crippen LogP contribution >= 0.6 is 0 Å². The van der Waals surface area contributed by atoms with Crippen molar-refractivity contribution in [3.05, 3.63) is 23.9 Å². The van der Waals surface area contributed by atoms with E-state index in [1.165, 1.54) is 12.3 Å². The van der Waals surface area contributed by atoms with Gasteiger partial charge in [-0.05, 0) is 57.1 Å². The highest BCUT2D eigenvalue weighted by atomic mass is 19.4. The predicted octanol–water partition coefficient (Wildman–Crippen LogP) is 3.88. The maximum absolute atomic E-state index is 13.5. The minimum atomic E-state index is -4.46. The Kier molecular flexibility index (Phi) is 5.48. The van der Waals surface area contributed by atoms with Crippen LogP contribution in [0.3, 0.4) is 0 Å². The average Bonchev–Trinajstić information content (AvgIpc) is 3.03. The zero-order valence-corrected chi connectivity index (χ0v) is 16.7. The van der Waals surface area contributed by atoms with Crippen LogP contribution in [0.15, 0.2) is 18.3 Å². The van der Waals surface area contributed by atoms with Crippen LogP contribution < -0.4 is 4.90 Å². The molecule has 5 nitrogen and oxygen atoms in total. The first kappa shape index (κ1) is 20.4. The third-order valence-electron chi connectivity index (χ3n) is 6.93. The third-order valence-corrected chi connectivity index (χ3v) is 6.93. The van der Waals surface area contributed by atoms with Gasteiger partial charge in [-0.2, -0.15) is 13.2 Å². The number of rotatable bonds is 3. The molecular formula is C21H28F3N3O2. The number of nitrogens with zero attached hydrogens (tertiary/aromatic N) is 3. The largest absolute Gasteiger partial charge is 0.419 e. The zero-order chi connectivity index (χ0) is 20.6. The van der Waals surface area contributed by atoms with E-state index in [4.69, 9.17) is 4.74 Å². The fourth-order valence-corrected chi connectivity index (χ4v) is 5.35. The minimum Gasteiger partial charge on any atom is -0.381 e. The molecule has 1 atom stereocenters. The fraction of sp³-hybridized carbons (Fsp3) is 0.714. The lowest BCUT2D eigenvalue weighted by Gasteiger charge is -2.41. The van der Waals surface area contributed by atoms with Crippen LogP contribution in [0.4, 0.5) is 19.0 Å². The molecule has 1 amide bonds. The molecule has 1 spiro atoms. The lowest BCUT2D eigenvalue weighted by molar-refractivity contribution is -0.139. The van der Waals surface area contributed by atoms with Gasteiger partial charge in [-0.3, -0.25) is 4.79 Å². The Morgan fingerprint density at radius 2 is 1.93 bits per heavy atom. The second-order valence-corrected chi connectivity index (χ2v) is 8.59. The number of anilines is 1. The molecule has 1 saturated carbocycles. The Morgan fingerprint density at radius 3 is 2.62 bits per heavy atom. The fourth-order valence-electron chi connectivity index (χ4n) is 5.35. The van der Waals surface area contributed by atoms with Gasteiger partial charge in [-0.25, -0.2) is 4.98 Å². The Morgan fingerprint density at radius 1 is 1.17 bits per heavy atom. The molecule has 160 valence electrons. The molecule has 0 aromatic carbocycles. The first-order valence-electron chi connectivity index (χ1n) is 10.4. The summed E-state index contributed by atoms with van der Waals surface area (Å²) < 4.78 is 45.8. The molecule has 0 N–H and O–H groups in total. The van der Waals surface area contributed by atoms with Crippen molar-refractivity contribution in [1.82, 2.24) is 9.88 Å². The quantitative estimate of drug-likeness (QED) is 0.757. The Bertz CT molecular complexity index is 749. The highest BCUT2D eigenvalue weighted by molar-refractivity contribution is 5.86. The van der Waals surface area contributed by atoms with Crippen LogP contribution in [-0.4, -0.2) is 54.7 Å². The number of hydrogen-bond acceptors (Lipinski definition) is 4. The van der Waals surface area contributed by atoms with Gasteiger partial charge in [0.25, 0.3) is 0 Å². The van der Waals surface area contributed by atoms with Crippen molar-refractivity contribution in [2.24, 2.45) is 5.41 Å². The number of alkyl halides is 3. The van der Waals surface area contributed by atoms with E-state index in [2.05, 4.69) is 4.98 Å². The van der Waals surface area contributed by atoms with Crippen LogP contribution in [0, 0.1) is 5.41 Å². The number of carbonyl (C=O) groups is 1. The van der Waals surface area contributed by atoms with Gasteiger partial charge in [-0.15, -0.1) is 0 Å². The molecular weight excluding hydrogens is 383 g/mol. The van der Waals surface area contributed by atoms with Crippen molar-refractivity contribution in [1.29, 1.82) is 0 Å². The van der Waals surface area contributed by atoms with Crippen molar-refractivity contribution < 1.29 is 22.7 Å². The third kappa shape index (κ3) is 3.83. The van der Waals surface area contributed by atoms with Gasteiger partial charge in [0.1, 0.15) is 5.82 Å². The lowest BCUT2D eigenvalue weighted by atomic mass is 9.78. The topological polar surface area (TPSA) is 45.7 Å². The number of amides is 1. The summed E-state index contributed by atoms with van der Waals surface area (Å²) >= 11 is 0. The molecule has 0 radical (unpaired) electrons. The molecule has 3 fully saturated rings. The molecule has 3 aliphatic rings. The highest BCUT2D eigenvalue weighted by Gasteiger charge is 2.51. The van der Waals surface area contributed by atoms with Gasteiger partial charge in [0, 0.05) is 39.0 Å². The second-order valence-electron chi connectivity index (χ2n) is 8.59. The van der Waals surface area contributed by atoms with Gasteiger partial charge >= 0.3 is 6.18 Å². The van der Waals surface area contributed by atoms with E-state index in [1.807, 2.05) is 4.90 Å². The lowest BCUT2D eigenvalue weighted by Crippen LogP contribution is -2.50. The molecule has 4 rings (SSSR count). The Labute approximate surface area is 169 Å². The molecule has 1 aromatic rings. The first-order valence-corrected chi connectivity index (χ1v) is 10.4. The standard InChI is InChI=1S/C21H28F3N3O2/c1-29-16-7-5-15(6-8-16)27-13-10-20(19(27)28)9-3-12-26(14-20)18-17(21(22,23)24)4-2-11-25-18/h2,4,11,15-16H,3,5-10,12-14H2,1H3. The van der Waals surface area contributed by atoms with Crippen LogP contribution in [0.2, 0.25) is 0 Å². The molecule has 1 aromatic heterocycles. The number of piperidine rings is 1. The van der Waals surface area contributed by atoms with Crippen LogP contribution in [0.25, 0.3) is 0 Å². The van der Waals surface area contributed by atoms with Crippen LogP contribution in [0.5, 0.6) is 0 Å². The Hall–Kier alpha value is -1.83. The highest BCUT2D eigenvalue weighted by Crippen LogP contribution is 2.45. The van der Waals surface area contributed by atoms with Crippen molar-refractivity contribution in [2.75, 3.05) is 31.6 Å². The monoisotopic (exact) mass is 411 g/mol. The summed E-state index contributed by atoms with van der Waals surface area (Å²) in [4.78, 5) is 21.1. The van der Waals surface area contributed by atoms with Gasteiger partial charge in [0.15, 0.2) is 0 Å². The molecule has 1 unspecified atom stereocenters. The number of carbonyl (C=O) groups excluding carboxylic acids is 1. The van der Waals surface area contributed by atoms with Gasteiger partial charge in [0.2, 0.25) is 5.91 Å². The molecule has 0 bridgehead atoms. The van der Waals surface area contributed by atoms with Crippen molar-refractivity contribution in [2.45, 2.75) is 63.3 Å². The van der Waals surface area contributed by atoms with E-state index < -0.39 is 17.2 Å². The van der Waals surface area contributed by atoms with Crippen molar-refractivity contribution in [3.8, 4) is 0 Å². The minimum absolute atomic E-state index is 0.0501. The first-order chi connectivity index (χ1) is 13.8. The summed E-state index contributed by atoms with van der Waals surface area (Å²) in [5.74, 6) is 0.0680. The van der Waals surface area contributed by atoms with E-state index in [9.17, 15) is 18.0 Å².